The minimum Gasteiger partial charge on any atom is -0.455 e. The van der Waals surface area contributed by atoms with E-state index in [9.17, 15) is 4.79 Å². The van der Waals surface area contributed by atoms with Crippen molar-refractivity contribution in [3.63, 3.8) is 0 Å². The van der Waals surface area contributed by atoms with Gasteiger partial charge in [0.15, 0.2) is 0 Å². The summed E-state index contributed by atoms with van der Waals surface area (Å²) in [6.45, 7) is 3.93. The molecule has 3 rings (SSSR count). The lowest BCUT2D eigenvalue weighted by molar-refractivity contribution is 0.0280. The minimum absolute atomic E-state index is 0.391. The Morgan fingerprint density at radius 1 is 1.20 bits per heavy atom. The normalized spacial score (nSPS) is 10.8. The van der Waals surface area contributed by atoms with Crippen molar-refractivity contribution in [2.24, 2.45) is 0 Å². The molecule has 0 spiro atoms. The number of hydrogen-bond donors (Lipinski definition) is 1. The number of nitrogens with one attached hydrogen (secondary N) is 1. The van der Waals surface area contributed by atoms with Crippen molar-refractivity contribution in [3.8, 4) is 0 Å². The van der Waals surface area contributed by atoms with Crippen molar-refractivity contribution in [1.29, 1.82) is 0 Å². The van der Waals surface area contributed by atoms with E-state index < -0.39 is 5.97 Å². The van der Waals surface area contributed by atoms with Crippen LogP contribution in [0.25, 0.3) is 21.9 Å². The van der Waals surface area contributed by atoms with Crippen LogP contribution in [0.5, 0.6) is 0 Å². The molecule has 0 bridgehead atoms. The summed E-state index contributed by atoms with van der Waals surface area (Å²) in [6.07, 6.45) is 1.61. The van der Waals surface area contributed by atoms with Gasteiger partial charge in [-0.05, 0) is 12.1 Å². The molecule has 0 saturated carbocycles. The molecule has 0 saturated heterocycles. The summed E-state index contributed by atoms with van der Waals surface area (Å²) in [4.78, 5) is 17.0. The maximum absolute atomic E-state index is 12.0. The van der Waals surface area contributed by atoms with Gasteiger partial charge in [-0.1, -0.05) is 36.4 Å². The van der Waals surface area contributed by atoms with Crippen molar-refractivity contribution < 1.29 is 14.0 Å². The molecule has 0 unspecified atom stereocenters. The molecule has 4 nitrogen and oxygen atoms in total. The average molecular weight is 267 g/mol. The molecule has 3 aromatic rings. The molecule has 0 fully saturated rings. The number of para-hydroxylation sites is 2. The van der Waals surface area contributed by atoms with Gasteiger partial charge in [0.1, 0.15) is 16.7 Å². The fourth-order valence-corrected chi connectivity index (χ4v) is 2.13. The molecule has 0 radical (unpaired) electrons. The van der Waals surface area contributed by atoms with Crippen LogP contribution in [0.15, 0.2) is 59.5 Å². The zero-order chi connectivity index (χ0) is 13.9. The predicted octanol–water partition coefficient (Wildman–Crippen LogP) is 3.43. The summed E-state index contributed by atoms with van der Waals surface area (Å²) in [5.74, 6) is -0.475. The van der Waals surface area contributed by atoms with Gasteiger partial charge in [-0.15, -0.1) is 12.1 Å². The maximum Gasteiger partial charge on any atom is 0.360 e. The number of benzene rings is 2. The Hall–Kier alpha value is -2.59. The number of carbonyl (C=O) groups excluding carboxylic acids is 1. The highest BCUT2D eigenvalue weighted by Crippen LogP contribution is 2.30. The van der Waals surface area contributed by atoms with E-state index in [2.05, 4.69) is 12.1 Å². The van der Waals surface area contributed by atoms with Gasteiger partial charge in [0.05, 0.1) is 0 Å². The molecule has 100 valence electrons. The zero-order valence-corrected chi connectivity index (χ0v) is 10.8. The lowest BCUT2D eigenvalue weighted by Gasteiger charge is -2.03. The van der Waals surface area contributed by atoms with Gasteiger partial charge in [-0.2, -0.15) is 0 Å². The van der Waals surface area contributed by atoms with Gasteiger partial charge in [-0.25, -0.2) is 4.79 Å². The molecular formula is C16H13NO3. The third kappa shape index (κ3) is 2.06. The first-order valence-corrected chi connectivity index (χ1v) is 6.26. The van der Waals surface area contributed by atoms with Gasteiger partial charge in [0, 0.05) is 17.3 Å². The Balaban J connectivity index is 2.07. The summed E-state index contributed by atoms with van der Waals surface area (Å²) in [5, 5.41) is 1.88. The van der Waals surface area contributed by atoms with Crippen LogP contribution in [0.3, 0.4) is 0 Å². The molecule has 0 atom stereocenters. The summed E-state index contributed by atoms with van der Waals surface area (Å²) in [6, 6.07) is 13.1. The maximum atomic E-state index is 12.0. The van der Waals surface area contributed by atoms with Crippen LogP contribution >= 0.6 is 0 Å². The van der Waals surface area contributed by atoms with E-state index in [4.69, 9.17) is 9.25 Å². The predicted molar refractivity (Wildman–Crippen MR) is 77.3 cm³/mol. The second-order valence-corrected chi connectivity index (χ2v) is 4.31. The van der Waals surface area contributed by atoms with Gasteiger partial charge >= 0.3 is 5.97 Å². The Labute approximate surface area is 115 Å². The lowest BCUT2D eigenvalue weighted by atomic mass is 10.1. The van der Waals surface area contributed by atoms with Crippen LogP contribution in [0.4, 0.5) is 0 Å². The topological polar surface area (TPSA) is 51.5 Å². The molecular weight excluding hydrogens is 254 g/mol. The first-order chi connectivity index (χ1) is 9.81. The first kappa shape index (κ1) is 12.4. The van der Waals surface area contributed by atoms with Crippen molar-refractivity contribution in [3.05, 3.63) is 60.7 Å². The monoisotopic (exact) mass is 267 g/mol. The van der Waals surface area contributed by atoms with Crippen LogP contribution < -0.4 is 5.48 Å². The van der Waals surface area contributed by atoms with E-state index in [1.807, 2.05) is 36.4 Å². The van der Waals surface area contributed by atoms with Crippen molar-refractivity contribution >= 4 is 27.9 Å². The molecule has 1 aromatic heterocycles. The van der Waals surface area contributed by atoms with Crippen LogP contribution in [-0.2, 0) is 4.84 Å². The van der Waals surface area contributed by atoms with Crippen molar-refractivity contribution in [1.82, 2.24) is 5.48 Å². The van der Waals surface area contributed by atoms with E-state index in [1.54, 1.807) is 12.1 Å². The van der Waals surface area contributed by atoms with Crippen LogP contribution in [0, 0.1) is 0 Å². The Morgan fingerprint density at radius 2 is 2.00 bits per heavy atom. The second kappa shape index (κ2) is 5.19. The average Bonchev–Trinajstić information content (AvgIpc) is 2.86. The van der Waals surface area contributed by atoms with E-state index in [1.165, 1.54) is 0 Å². The molecule has 0 aliphatic carbocycles. The molecule has 20 heavy (non-hydrogen) atoms. The van der Waals surface area contributed by atoms with E-state index in [-0.39, 0.29) is 0 Å². The number of furan rings is 1. The molecule has 1 heterocycles. The molecule has 1 N–H and O–H groups in total. The van der Waals surface area contributed by atoms with Crippen LogP contribution in [-0.4, -0.2) is 12.5 Å². The summed E-state index contributed by atoms with van der Waals surface area (Å²) in [7, 11) is 0. The SMILES string of the molecule is C=CCNOC(=O)c1cccc2c1oc1ccccc12. The second-order valence-electron chi connectivity index (χ2n) is 4.31. The van der Waals surface area contributed by atoms with E-state index in [0.717, 1.165) is 16.4 Å². The minimum atomic E-state index is -0.475. The Kier molecular flexibility index (Phi) is 3.23. The van der Waals surface area contributed by atoms with E-state index in [0.29, 0.717) is 17.7 Å². The summed E-state index contributed by atoms with van der Waals surface area (Å²) < 4.78 is 5.76. The van der Waals surface area contributed by atoms with Gasteiger partial charge < -0.3 is 9.25 Å². The number of carbonyl (C=O) groups is 1. The summed E-state index contributed by atoms with van der Waals surface area (Å²) in [5.41, 5.74) is 4.21. The molecule has 0 aliphatic heterocycles. The Morgan fingerprint density at radius 3 is 2.85 bits per heavy atom. The quantitative estimate of drug-likeness (QED) is 0.447. The highest BCUT2D eigenvalue weighted by Gasteiger charge is 2.16. The smallest absolute Gasteiger partial charge is 0.360 e. The number of fused-ring (bicyclic) bond motifs is 3. The zero-order valence-electron chi connectivity index (χ0n) is 10.8. The van der Waals surface area contributed by atoms with Crippen molar-refractivity contribution in [2.45, 2.75) is 0 Å². The highest BCUT2D eigenvalue weighted by atomic mass is 16.7. The fourth-order valence-electron chi connectivity index (χ4n) is 2.13. The lowest BCUT2D eigenvalue weighted by Crippen LogP contribution is -2.19. The largest absolute Gasteiger partial charge is 0.455 e. The van der Waals surface area contributed by atoms with E-state index >= 15 is 0 Å². The molecule has 2 aromatic carbocycles. The molecule has 4 heteroatoms. The molecule has 0 aliphatic rings. The third-order valence-corrected chi connectivity index (χ3v) is 3.02. The molecule has 0 amide bonds. The van der Waals surface area contributed by atoms with Crippen LogP contribution in [0.1, 0.15) is 10.4 Å². The van der Waals surface area contributed by atoms with Crippen LogP contribution in [0.2, 0.25) is 0 Å². The van der Waals surface area contributed by atoms with Crippen molar-refractivity contribution in [2.75, 3.05) is 6.54 Å². The standard InChI is InChI=1S/C16H13NO3/c1-2-10-17-20-16(18)13-8-5-7-12-11-6-3-4-9-14(11)19-15(12)13/h2-9,17H,1,10H2. The number of hydrogen-bond acceptors (Lipinski definition) is 4. The fraction of sp³-hybridized carbons (Fsp3) is 0.0625. The summed E-state index contributed by atoms with van der Waals surface area (Å²) >= 11 is 0. The van der Waals surface area contributed by atoms with Gasteiger partial charge in [0.2, 0.25) is 0 Å². The number of rotatable bonds is 4. The number of hydroxylamine groups is 1. The van der Waals surface area contributed by atoms with Gasteiger partial charge in [-0.3, -0.25) is 0 Å². The third-order valence-electron chi connectivity index (χ3n) is 3.02. The highest BCUT2D eigenvalue weighted by molar-refractivity contribution is 6.11. The van der Waals surface area contributed by atoms with Gasteiger partial charge in [0.25, 0.3) is 0 Å². The first-order valence-electron chi connectivity index (χ1n) is 6.26. The Bertz CT molecular complexity index is 789.